The van der Waals surface area contributed by atoms with Crippen molar-refractivity contribution >= 4 is 28.2 Å². The summed E-state index contributed by atoms with van der Waals surface area (Å²) in [5.74, 6) is 0.253. The van der Waals surface area contributed by atoms with E-state index in [1.807, 2.05) is 0 Å². The Bertz CT molecular complexity index is 509. The van der Waals surface area contributed by atoms with Gasteiger partial charge < -0.3 is 20.6 Å². The summed E-state index contributed by atoms with van der Waals surface area (Å²) in [6.45, 7) is 2.34. The molecule has 1 amide bonds. The number of nitrogens with two attached hydrogens (primary N) is 1. The maximum absolute atomic E-state index is 12.7. The van der Waals surface area contributed by atoms with Gasteiger partial charge >= 0.3 is 0 Å². The fourth-order valence-electron chi connectivity index (χ4n) is 2.90. The molecule has 0 radical (unpaired) electrons. The van der Waals surface area contributed by atoms with Crippen LogP contribution in [0.2, 0.25) is 0 Å². The number of hydrogen-bond donors (Lipinski definition) is 2. The van der Waals surface area contributed by atoms with Crippen LogP contribution in [0.1, 0.15) is 41.8 Å². The number of nitrogens with zero attached hydrogens (tertiary/aromatic N) is 3. The van der Waals surface area contributed by atoms with E-state index < -0.39 is 0 Å². The van der Waals surface area contributed by atoms with Crippen LogP contribution in [0.25, 0.3) is 0 Å². The molecule has 1 aromatic rings. The van der Waals surface area contributed by atoms with Gasteiger partial charge in [-0.15, -0.1) is 0 Å². The minimum absolute atomic E-state index is 0.0140. The molecule has 7 heteroatoms. The summed E-state index contributed by atoms with van der Waals surface area (Å²) in [6, 6.07) is 0.251. The molecule has 0 atom stereocenters. The number of hydrogen-bond acceptors (Lipinski definition) is 6. The standard InChI is InChI=1S/C14H22N4O2S/c15-12-11(21-14(16-12)17-6-1-2-7-17)13(20)18(8-9-19)10-4-3-5-10/h10,19H,1-9,15H2. The van der Waals surface area contributed by atoms with Crippen LogP contribution in [0.4, 0.5) is 10.9 Å². The summed E-state index contributed by atoms with van der Waals surface area (Å²) in [4.78, 5) is 21.6. The van der Waals surface area contributed by atoms with Gasteiger partial charge in [-0.1, -0.05) is 11.3 Å². The van der Waals surface area contributed by atoms with E-state index in [0.717, 1.165) is 37.5 Å². The Labute approximate surface area is 128 Å². The van der Waals surface area contributed by atoms with Crippen molar-refractivity contribution in [3.05, 3.63) is 4.88 Å². The molecule has 0 spiro atoms. The molecule has 21 heavy (non-hydrogen) atoms. The van der Waals surface area contributed by atoms with Gasteiger partial charge in [0.1, 0.15) is 10.7 Å². The Morgan fingerprint density at radius 2 is 2.10 bits per heavy atom. The highest BCUT2D eigenvalue weighted by Crippen LogP contribution is 2.33. The molecule has 3 rings (SSSR count). The first-order valence-electron chi connectivity index (χ1n) is 7.64. The first-order chi connectivity index (χ1) is 10.2. The van der Waals surface area contributed by atoms with E-state index in [-0.39, 0.29) is 18.6 Å². The second-order valence-electron chi connectivity index (χ2n) is 5.71. The second-order valence-corrected chi connectivity index (χ2v) is 6.69. The molecule has 6 nitrogen and oxygen atoms in total. The van der Waals surface area contributed by atoms with E-state index in [9.17, 15) is 9.90 Å². The quantitative estimate of drug-likeness (QED) is 0.857. The molecule has 0 bridgehead atoms. The minimum Gasteiger partial charge on any atom is -0.395 e. The summed E-state index contributed by atoms with van der Waals surface area (Å²) in [6.07, 6.45) is 5.52. The van der Waals surface area contributed by atoms with Gasteiger partial charge in [0.25, 0.3) is 5.91 Å². The largest absolute Gasteiger partial charge is 0.395 e. The lowest BCUT2D eigenvalue weighted by molar-refractivity contribution is 0.0531. The Hall–Kier alpha value is -1.34. The summed E-state index contributed by atoms with van der Waals surface area (Å²) < 4.78 is 0. The van der Waals surface area contributed by atoms with Crippen molar-refractivity contribution in [1.29, 1.82) is 0 Å². The van der Waals surface area contributed by atoms with Crippen molar-refractivity contribution in [3.8, 4) is 0 Å². The van der Waals surface area contributed by atoms with Crippen LogP contribution in [0.15, 0.2) is 0 Å². The third-order valence-corrected chi connectivity index (χ3v) is 5.45. The van der Waals surface area contributed by atoms with Gasteiger partial charge in [0.15, 0.2) is 5.13 Å². The third-order valence-electron chi connectivity index (χ3n) is 4.33. The highest BCUT2D eigenvalue weighted by Gasteiger charge is 2.32. The molecule has 1 saturated heterocycles. The molecule has 1 aliphatic heterocycles. The van der Waals surface area contributed by atoms with E-state index >= 15 is 0 Å². The number of amides is 1. The molecule has 2 heterocycles. The van der Waals surface area contributed by atoms with Crippen LogP contribution < -0.4 is 10.6 Å². The normalized spacial score (nSPS) is 18.8. The maximum Gasteiger partial charge on any atom is 0.268 e. The first-order valence-corrected chi connectivity index (χ1v) is 8.45. The van der Waals surface area contributed by atoms with Crippen LogP contribution in [-0.2, 0) is 0 Å². The second kappa shape index (κ2) is 6.19. The number of anilines is 2. The van der Waals surface area contributed by atoms with Gasteiger partial charge in [-0.3, -0.25) is 4.79 Å². The van der Waals surface area contributed by atoms with Crippen LogP contribution >= 0.6 is 11.3 Å². The lowest BCUT2D eigenvalue weighted by Crippen LogP contribution is -2.45. The maximum atomic E-state index is 12.7. The van der Waals surface area contributed by atoms with Crippen molar-refractivity contribution < 1.29 is 9.90 Å². The number of aliphatic hydroxyl groups excluding tert-OH is 1. The summed E-state index contributed by atoms with van der Waals surface area (Å²) in [5.41, 5.74) is 5.97. The molecule has 1 aliphatic carbocycles. The van der Waals surface area contributed by atoms with Crippen molar-refractivity contribution in [2.75, 3.05) is 36.9 Å². The molecule has 0 aromatic carbocycles. The SMILES string of the molecule is Nc1nc(N2CCCC2)sc1C(=O)N(CCO)C1CCC1. The van der Waals surface area contributed by atoms with Crippen LogP contribution in [0.3, 0.4) is 0 Å². The van der Waals surface area contributed by atoms with E-state index in [1.54, 1.807) is 4.90 Å². The molecule has 2 aliphatic rings. The molecule has 2 fully saturated rings. The van der Waals surface area contributed by atoms with E-state index in [1.165, 1.54) is 24.2 Å². The predicted molar refractivity (Wildman–Crippen MR) is 83.7 cm³/mol. The number of aliphatic hydroxyl groups is 1. The van der Waals surface area contributed by atoms with Gasteiger partial charge in [0.05, 0.1) is 6.61 Å². The molecular formula is C14H22N4O2S. The topological polar surface area (TPSA) is 82.7 Å². The summed E-state index contributed by atoms with van der Waals surface area (Å²) >= 11 is 1.39. The van der Waals surface area contributed by atoms with Crippen molar-refractivity contribution in [3.63, 3.8) is 0 Å². The Kier molecular flexibility index (Phi) is 4.30. The number of rotatable bonds is 5. The average Bonchev–Trinajstić information content (AvgIpc) is 3.04. The molecule has 3 N–H and O–H groups in total. The summed E-state index contributed by atoms with van der Waals surface area (Å²) in [7, 11) is 0. The fourth-order valence-corrected chi connectivity index (χ4v) is 3.90. The molecule has 0 unspecified atom stereocenters. The van der Waals surface area contributed by atoms with Gasteiger partial charge in [0, 0.05) is 25.7 Å². The van der Waals surface area contributed by atoms with Gasteiger partial charge in [-0.2, -0.15) is 0 Å². The zero-order chi connectivity index (χ0) is 14.8. The Morgan fingerprint density at radius 3 is 2.67 bits per heavy atom. The molecule has 1 aromatic heterocycles. The summed E-state index contributed by atoms with van der Waals surface area (Å²) in [5, 5.41) is 10.1. The van der Waals surface area contributed by atoms with Crippen LogP contribution in [-0.4, -0.2) is 53.2 Å². The van der Waals surface area contributed by atoms with Crippen molar-refractivity contribution in [2.45, 2.75) is 38.1 Å². The Balaban J connectivity index is 1.79. The predicted octanol–water partition coefficient (Wildman–Crippen LogP) is 1.31. The van der Waals surface area contributed by atoms with Crippen molar-refractivity contribution in [2.24, 2.45) is 0 Å². The van der Waals surface area contributed by atoms with Gasteiger partial charge in [-0.25, -0.2) is 4.98 Å². The number of carbonyl (C=O) groups excluding carboxylic acids is 1. The zero-order valence-corrected chi connectivity index (χ0v) is 12.9. The average molecular weight is 310 g/mol. The Morgan fingerprint density at radius 1 is 1.38 bits per heavy atom. The first kappa shape index (κ1) is 14.6. The fraction of sp³-hybridized carbons (Fsp3) is 0.714. The van der Waals surface area contributed by atoms with Crippen LogP contribution in [0, 0.1) is 0 Å². The third kappa shape index (κ3) is 2.85. The molecular weight excluding hydrogens is 288 g/mol. The number of nitrogen functional groups attached to an aromatic ring is 1. The zero-order valence-electron chi connectivity index (χ0n) is 12.1. The molecule has 1 saturated carbocycles. The van der Waals surface area contributed by atoms with Gasteiger partial charge in [-0.05, 0) is 32.1 Å². The number of aromatic nitrogens is 1. The highest BCUT2D eigenvalue weighted by molar-refractivity contribution is 7.18. The van der Waals surface area contributed by atoms with E-state index in [4.69, 9.17) is 5.73 Å². The minimum atomic E-state index is -0.0748. The lowest BCUT2D eigenvalue weighted by Gasteiger charge is -2.37. The van der Waals surface area contributed by atoms with E-state index in [0.29, 0.717) is 17.2 Å². The number of carbonyl (C=O) groups is 1. The smallest absolute Gasteiger partial charge is 0.268 e. The lowest BCUT2D eigenvalue weighted by atomic mass is 9.91. The van der Waals surface area contributed by atoms with Crippen molar-refractivity contribution in [1.82, 2.24) is 9.88 Å². The highest BCUT2D eigenvalue weighted by atomic mass is 32.1. The number of thiazole rings is 1. The van der Waals surface area contributed by atoms with Gasteiger partial charge in [0.2, 0.25) is 0 Å². The molecule has 116 valence electrons. The van der Waals surface area contributed by atoms with E-state index in [2.05, 4.69) is 9.88 Å². The monoisotopic (exact) mass is 310 g/mol. The van der Waals surface area contributed by atoms with Crippen LogP contribution in [0.5, 0.6) is 0 Å².